The molecule has 1 fully saturated rings. The molecule has 1 aromatic rings. The fraction of sp³-hybridized carbons (Fsp3) is 0.714. The number of nitrogens with zero attached hydrogens (tertiary/aromatic N) is 3. The molecule has 7 heteroatoms. The van der Waals surface area contributed by atoms with Crippen molar-refractivity contribution in [2.75, 3.05) is 46.0 Å². The van der Waals surface area contributed by atoms with Crippen LogP contribution in [0.4, 0.5) is 5.13 Å². The molecule has 2 heterocycles. The number of hydrogen-bond acceptors (Lipinski definition) is 6. The third-order valence-electron chi connectivity index (χ3n) is 4.51. The van der Waals surface area contributed by atoms with Crippen molar-refractivity contribution >= 4 is 22.4 Å². The van der Waals surface area contributed by atoms with Crippen LogP contribution in [-0.2, 0) is 0 Å². The van der Waals surface area contributed by atoms with Crippen LogP contribution in [0.1, 0.15) is 29.4 Å². The van der Waals surface area contributed by atoms with E-state index in [1.807, 2.05) is 0 Å². The summed E-state index contributed by atoms with van der Waals surface area (Å²) < 4.78 is 0. The van der Waals surface area contributed by atoms with E-state index in [4.69, 9.17) is 5.73 Å². The van der Waals surface area contributed by atoms with Crippen molar-refractivity contribution in [2.24, 2.45) is 0 Å². The number of nitrogen functional groups attached to an aromatic ring is 1. The van der Waals surface area contributed by atoms with Gasteiger partial charge in [0.25, 0.3) is 5.91 Å². The first-order valence-corrected chi connectivity index (χ1v) is 8.18. The first-order chi connectivity index (χ1) is 9.97. The molecule has 0 atom stereocenters. The van der Waals surface area contributed by atoms with Gasteiger partial charge in [0.2, 0.25) is 0 Å². The Labute approximate surface area is 130 Å². The normalized spacial score (nSPS) is 18.9. The van der Waals surface area contributed by atoms with Gasteiger partial charge >= 0.3 is 0 Å². The standard InChI is InChI=1S/C14H25N5OS/c1-4-19-7-5-14(6-8-19,18(2)3)10-17-12(20)11-9-16-13(15)21-11/h9H,4-8,10H2,1-3H3,(H2,15,16)(H,17,20). The van der Waals surface area contributed by atoms with Gasteiger partial charge < -0.3 is 20.9 Å². The molecule has 0 bridgehead atoms. The second kappa shape index (κ2) is 6.72. The Hall–Kier alpha value is -1.18. The van der Waals surface area contributed by atoms with Crippen LogP contribution in [0, 0.1) is 0 Å². The molecule has 0 spiro atoms. The van der Waals surface area contributed by atoms with E-state index < -0.39 is 0 Å². The number of rotatable bonds is 5. The Morgan fingerprint density at radius 2 is 2.19 bits per heavy atom. The Kier molecular flexibility index (Phi) is 5.18. The maximum Gasteiger partial charge on any atom is 0.263 e. The second-order valence-corrected chi connectivity index (χ2v) is 6.86. The summed E-state index contributed by atoms with van der Waals surface area (Å²) in [5.74, 6) is -0.0802. The van der Waals surface area contributed by atoms with Crippen molar-refractivity contribution < 1.29 is 4.79 Å². The molecule has 118 valence electrons. The zero-order chi connectivity index (χ0) is 15.5. The van der Waals surface area contributed by atoms with Crippen LogP contribution in [-0.4, -0.2) is 66.5 Å². The number of aromatic nitrogens is 1. The number of carbonyl (C=O) groups excluding carboxylic acids is 1. The lowest BCUT2D eigenvalue weighted by molar-refractivity contribution is 0.0549. The van der Waals surface area contributed by atoms with Crippen molar-refractivity contribution in [1.29, 1.82) is 0 Å². The predicted molar refractivity (Wildman–Crippen MR) is 86.6 cm³/mol. The van der Waals surface area contributed by atoms with Crippen LogP contribution in [0.5, 0.6) is 0 Å². The minimum absolute atomic E-state index is 0.0392. The highest BCUT2D eigenvalue weighted by molar-refractivity contribution is 7.17. The third kappa shape index (κ3) is 3.72. The van der Waals surface area contributed by atoms with Gasteiger partial charge in [0, 0.05) is 12.1 Å². The topological polar surface area (TPSA) is 74.5 Å². The van der Waals surface area contributed by atoms with E-state index in [9.17, 15) is 4.79 Å². The molecule has 3 N–H and O–H groups in total. The van der Waals surface area contributed by atoms with Crippen molar-refractivity contribution in [1.82, 2.24) is 20.1 Å². The average molecular weight is 311 g/mol. The molecular weight excluding hydrogens is 286 g/mol. The van der Waals surface area contributed by atoms with E-state index in [0.717, 1.165) is 32.5 Å². The lowest BCUT2D eigenvalue weighted by Crippen LogP contribution is -2.58. The zero-order valence-electron chi connectivity index (χ0n) is 13.1. The average Bonchev–Trinajstić information content (AvgIpc) is 2.91. The van der Waals surface area contributed by atoms with Crippen LogP contribution in [0.3, 0.4) is 0 Å². The van der Waals surface area contributed by atoms with Gasteiger partial charge in [0.05, 0.1) is 6.20 Å². The minimum atomic E-state index is -0.0802. The number of nitrogens with one attached hydrogen (secondary N) is 1. The summed E-state index contributed by atoms with van der Waals surface area (Å²) in [6.45, 7) is 6.11. The summed E-state index contributed by atoms with van der Waals surface area (Å²) >= 11 is 1.23. The molecule has 1 aliphatic heterocycles. The van der Waals surface area contributed by atoms with Crippen LogP contribution >= 0.6 is 11.3 Å². The number of amides is 1. The number of likely N-dealkylation sites (N-methyl/N-ethyl adjacent to an activating group) is 1. The molecule has 2 rings (SSSR count). The number of carbonyl (C=O) groups is 1. The maximum absolute atomic E-state index is 12.2. The van der Waals surface area contributed by atoms with Gasteiger partial charge in [0.1, 0.15) is 4.88 Å². The first-order valence-electron chi connectivity index (χ1n) is 7.36. The molecule has 1 amide bonds. The van der Waals surface area contributed by atoms with Gasteiger partial charge in [-0.05, 0) is 46.6 Å². The van der Waals surface area contributed by atoms with Gasteiger partial charge in [-0.1, -0.05) is 18.3 Å². The molecule has 1 saturated heterocycles. The number of anilines is 1. The summed E-state index contributed by atoms with van der Waals surface area (Å²) in [5, 5.41) is 3.48. The fourth-order valence-electron chi connectivity index (χ4n) is 2.79. The summed E-state index contributed by atoms with van der Waals surface area (Å²) in [6.07, 6.45) is 3.68. The Balaban J connectivity index is 1.96. The first kappa shape index (κ1) is 16.2. The van der Waals surface area contributed by atoms with Gasteiger partial charge in [-0.2, -0.15) is 0 Å². The van der Waals surface area contributed by atoms with E-state index in [2.05, 4.69) is 41.1 Å². The fourth-order valence-corrected chi connectivity index (χ4v) is 3.39. The summed E-state index contributed by atoms with van der Waals surface area (Å²) in [6, 6.07) is 0. The summed E-state index contributed by atoms with van der Waals surface area (Å²) in [5.41, 5.74) is 5.61. The highest BCUT2D eigenvalue weighted by atomic mass is 32.1. The Bertz CT molecular complexity index is 479. The van der Waals surface area contributed by atoms with Crippen molar-refractivity contribution in [3.05, 3.63) is 11.1 Å². The van der Waals surface area contributed by atoms with Gasteiger partial charge in [-0.15, -0.1) is 0 Å². The molecule has 0 unspecified atom stereocenters. The van der Waals surface area contributed by atoms with Crippen LogP contribution in [0.15, 0.2) is 6.20 Å². The van der Waals surface area contributed by atoms with E-state index in [-0.39, 0.29) is 11.4 Å². The van der Waals surface area contributed by atoms with Gasteiger partial charge in [0.15, 0.2) is 5.13 Å². The van der Waals surface area contributed by atoms with E-state index in [1.54, 1.807) is 0 Å². The smallest absolute Gasteiger partial charge is 0.263 e. The van der Waals surface area contributed by atoms with Gasteiger partial charge in [-0.25, -0.2) is 4.98 Å². The number of likely N-dealkylation sites (tertiary alicyclic amines) is 1. The van der Waals surface area contributed by atoms with Crippen LogP contribution < -0.4 is 11.1 Å². The minimum Gasteiger partial charge on any atom is -0.375 e. The van der Waals surface area contributed by atoms with E-state index in [1.165, 1.54) is 17.5 Å². The summed E-state index contributed by atoms with van der Waals surface area (Å²) in [7, 11) is 4.19. The molecule has 1 aromatic heterocycles. The number of piperidine rings is 1. The molecule has 0 saturated carbocycles. The van der Waals surface area contributed by atoms with Crippen molar-refractivity contribution in [2.45, 2.75) is 25.3 Å². The van der Waals surface area contributed by atoms with E-state index in [0.29, 0.717) is 16.6 Å². The Morgan fingerprint density at radius 3 is 2.67 bits per heavy atom. The highest BCUT2D eigenvalue weighted by Crippen LogP contribution is 2.26. The van der Waals surface area contributed by atoms with Gasteiger partial charge in [-0.3, -0.25) is 4.79 Å². The Morgan fingerprint density at radius 1 is 1.52 bits per heavy atom. The second-order valence-electron chi connectivity index (χ2n) is 5.80. The molecular formula is C14H25N5OS. The lowest BCUT2D eigenvalue weighted by atomic mass is 9.86. The van der Waals surface area contributed by atoms with Crippen LogP contribution in [0.2, 0.25) is 0 Å². The van der Waals surface area contributed by atoms with Crippen molar-refractivity contribution in [3.8, 4) is 0 Å². The molecule has 0 radical (unpaired) electrons. The molecule has 21 heavy (non-hydrogen) atoms. The number of nitrogens with two attached hydrogens (primary N) is 1. The molecule has 6 nitrogen and oxygen atoms in total. The monoisotopic (exact) mass is 311 g/mol. The SMILES string of the molecule is CCN1CCC(CNC(=O)c2cnc(N)s2)(N(C)C)CC1. The van der Waals surface area contributed by atoms with Crippen molar-refractivity contribution in [3.63, 3.8) is 0 Å². The summed E-state index contributed by atoms with van der Waals surface area (Å²) in [4.78, 5) is 21.4. The van der Waals surface area contributed by atoms with Crippen LogP contribution in [0.25, 0.3) is 0 Å². The predicted octanol–water partition coefficient (Wildman–Crippen LogP) is 0.871. The third-order valence-corrected chi connectivity index (χ3v) is 5.33. The molecule has 0 aromatic carbocycles. The molecule has 1 aliphatic rings. The highest BCUT2D eigenvalue weighted by Gasteiger charge is 2.36. The van der Waals surface area contributed by atoms with E-state index >= 15 is 0 Å². The lowest BCUT2D eigenvalue weighted by Gasteiger charge is -2.46. The largest absolute Gasteiger partial charge is 0.375 e. The zero-order valence-corrected chi connectivity index (χ0v) is 13.9. The quantitative estimate of drug-likeness (QED) is 0.844. The number of thiazole rings is 1. The number of hydrogen-bond donors (Lipinski definition) is 2. The molecule has 0 aliphatic carbocycles. The maximum atomic E-state index is 12.2.